The first-order valence-electron chi connectivity index (χ1n) is 7.59. The lowest BCUT2D eigenvalue weighted by atomic mass is 10.2. The van der Waals surface area contributed by atoms with E-state index in [-0.39, 0.29) is 12.6 Å². The van der Waals surface area contributed by atoms with Gasteiger partial charge in [0.15, 0.2) is 6.61 Å². The van der Waals surface area contributed by atoms with Crippen LogP contribution in [-0.4, -0.2) is 30.9 Å². The van der Waals surface area contributed by atoms with Crippen LogP contribution in [0.15, 0.2) is 24.3 Å². The molecule has 2 N–H and O–H groups in total. The van der Waals surface area contributed by atoms with Gasteiger partial charge in [0.2, 0.25) is 0 Å². The maximum atomic E-state index is 11.6. The largest absolute Gasteiger partial charge is 0.479 e. The predicted molar refractivity (Wildman–Crippen MR) is 88.1 cm³/mol. The number of nitriles is 1. The SMILES string of the molecule is CC(CNCc1cccc(OCC#N)c1)NC(=O)OC(C)(C)C. The highest BCUT2D eigenvalue weighted by Gasteiger charge is 2.17. The van der Waals surface area contributed by atoms with Crippen molar-refractivity contribution in [3.8, 4) is 11.8 Å². The van der Waals surface area contributed by atoms with Gasteiger partial charge in [-0.05, 0) is 45.4 Å². The van der Waals surface area contributed by atoms with E-state index in [4.69, 9.17) is 14.7 Å². The van der Waals surface area contributed by atoms with Crippen LogP contribution in [0, 0.1) is 11.3 Å². The maximum absolute atomic E-state index is 11.6. The monoisotopic (exact) mass is 319 g/mol. The molecule has 0 spiro atoms. The smallest absolute Gasteiger partial charge is 0.407 e. The van der Waals surface area contributed by atoms with Crippen LogP contribution in [-0.2, 0) is 11.3 Å². The lowest BCUT2D eigenvalue weighted by Gasteiger charge is -2.22. The van der Waals surface area contributed by atoms with E-state index >= 15 is 0 Å². The summed E-state index contributed by atoms with van der Waals surface area (Å²) in [5.41, 5.74) is 0.547. The van der Waals surface area contributed by atoms with E-state index in [2.05, 4.69) is 10.6 Å². The molecule has 0 fully saturated rings. The summed E-state index contributed by atoms with van der Waals surface area (Å²) in [4.78, 5) is 11.6. The number of nitrogens with zero attached hydrogens (tertiary/aromatic N) is 1. The molecule has 1 aromatic carbocycles. The molecule has 0 aromatic heterocycles. The van der Waals surface area contributed by atoms with E-state index in [9.17, 15) is 4.79 Å². The van der Waals surface area contributed by atoms with Gasteiger partial charge < -0.3 is 20.1 Å². The molecule has 0 saturated carbocycles. The van der Waals surface area contributed by atoms with Crippen LogP contribution in [0.4, 0.5) is 4.79 Å². The molecule has 0 bridgehead atoms. The van der Waals surface area contributed by atoms with E-state index in [1.807, 2.05) is 58.0 Å². The Labute approximate surface area is 137 Å². The van der Waals surface area contributed by atoms with Crippen molar-refractivity contribution in [2.24, 2.45) is 0 Å². The Morgan fingerprint density at radius 1 is 1.39 bits per heavy atom. The standard InChI is InChI=1S/C17H25N3O3/c1-13(20-16(21)23-17(2,3)4)11-19-12-14-6-5-7-15(10-14)22-9-8-18/h5-7,10,13,19H,9,11-12H2,1-4H3,(H,20,21). The van der Waals surface area contributed by atoms with Crippen LogP contribution in [0.2, 0.25) is 0 Å². The number of carbonyl (C=O) groups excluding carboxylic acids is 1. The first kappa shape index (κ1) is 18.8. The average Bonchev–Trinajstić information content (AvgIpc) is 2.43. The van der Waals surface area contributed by atoms with Crippen molar-refractivity contribution in [2.45, 2.75) is 45.9 Å². The van der Waals surface area contributed by atoms with Gasteiger partial charge in [0, 0.05) is 19.1 Å². The van der Waals surface area contributed by atoms with Gasteiger partial charge in [-0.2, -0.15) is 5.26 Å². The number of amides is 1. The van der Waals surface area contributed by atoms with Gasteiger partial charge in [-0.15, -0.1) is 0 Å². The molecule has 0 heterocycles. The van der Waals surface area contributed by atoms with Crippen LogP contribution < -0.4 is 15.4 Å². The van der Waals surface area contributed by atoms with Crippen LogP contribution in [0.1, 0.15) is 33.3 Å². The summed E-state index contributed by atoms with van der Waals surface area (Å²) in [6.45, 7) is 8.69. The van der Waals surface area contributed by atoms with E-state index < -0.39 is 11.7 Å². The fourth-order valence-corrected chi connectivity index (χ4v) is 1.85. The minimum absolute atomic E-state index is 0.0354. The van der Waals surface area contributed by atoms with Gasteiger partial charge in [-0.1, -0.05) is 12.1 Å². The highest BCUT2D eigenvalue weighted by Crippen LogP contribution is 2.13. The molecule has 0 aliphatic rings. The Morgan fingerprint density at radius 2 is 2.13 bits per heavy atom. The van der Waals surface area contributed by atoms with Crippen LogP contribution in [0.3, 0.4) is 0 Å². The second-order valence-corrected chi connectivity index (χ2v) is 6.27. The predicted octanol–water partition coefficient (Wildman–Crippen LogP) is 2.59. The van der Waals surface area contributed by atoms with Crippen molar-refractivity contribution in [1.29, 1.82) is 5.26 Å². The summed E-state index contributed by atoms with van der Waals surface area (Å²) in [5.74, 6) is 0.672. The Balaban J connectivity index is 2.33. The molecule has 1 amide bonds. The van der Waals surface area contributed by atoms with Gasteiger partial charge in [-0.25, -0.2) is 4.79 Å². The van der Waals surface area contributed by atoms with Crippen molar-refractivity contribution in [1.82, 2.24) is 10.6 Å². The average molecular weight is 319 g/mol. The number of hydrogen-bond donors (Lipinski definition) is 2. The summed E-state index contributed by atoms with van der Waals surface area (Å²) in [7, 11) is 0. The van der Waals surface area contributed by atoms with E-state index in [0.29, 0.717) is 18.8 Å². The van der Waals surface area contributed by atoms with Crippen LogP contribution in [0.25, 0.3) is 0 Å². The molecule has 1 atom stereocenters. The number of benzene rings is 1. The summed E-state index contributed by atoms with van der Waals surface area (Å²) in [6, 6.07) is 9.43. The van der Waals surface area contributed by atoms with E-state index in [0.717, 1.165) is 5.56 Å². The number of alkyl carbamates (subject to hydrolysis) is 1. The molecule has 0 aliphatic heterocycles. The molecule has 23 heavy (non-hydrogen) atoms. The van der Waals surface area contributed by atoms with E-state index in [1.54, 1.807) is 0 Å². The van der Waals surface area contributed by atoms with Gasteiger partial charge in [0.05, 0.1) is 0 Å². The quantitative estimate of drug-likeness (QED) is 0.807. The minimum atomic E-state index is -0.499. The van der Waals surface area contributed by atoms with Crippen molar-refractivity contribution in [3.05, 3.63) is 29.8 Å². The van der Waals surface area contributed by atoms with Crippen LogP contribution in [0.5, 0.6) is 5.75 Å². The molecular formula is C17H25N3O3. The molecule has 1 unspecified atom stereocenters. The third-order valence-electron chi connectivity index (χ3n) is 2.74. The summed E-state index contributed by atoms with van der Waals surface area (Å²) in [5, 5.41) is 14.5. The number of ether oxygens (including phenoxy) is 2. The Bertz CT molecular complexity index is 547. The Hall–Kier alpha value is -2.26. The Kier molecular flexibility index (Phi) is 7.36. The summed E-state index contributed by atoms with van der Waals surface area (Å²) in [6.07, 6.45) is -0.418. The third kappa shape index (κ3) is 8.69. The van der Waals surface area contributed by atoms with Crippen LogP contribution >= 0.6 is 0 Å². The maximum Gasteiger partial charge on any atom is 0.407 e. The molecule has 126 valence electrons. The highest BCUT2D eigenvalue weighted by atomic mass is 16.6. The van der Waals surface area contributed by atoms with Crippen molar-refractivity contribution < 1.29 is 14.3 Å². The molecule has 0 saturated heterocycles. The molecule has 0 aliphatic carbocycles. The lowest BCUT2D eigenvalue weighted by molar-refractivity contribution is 0.0508. The topological polar surface area (TPSA) is 83.4 Å². The zero-order valence-corrected chi connectivity index (χ0v) is 14.2. The fourth-order valence-electron chi connectivity index (χ4n) is 1.85. The second-order valence-electron chi connectivity index (χ2n) is 6.27. The van der Waals surface area contributed by atoms with Crippen molar-refractivity contribution in [2.75, 3.05) is 13.2 Å². The van der Waals surface area contributed by atoms with Crippen molar-refractivity contribution in [3.63, 3.8) is 0 Å². The second kappa shape index (κ2) is 9.01. The zero-order chi connectivity index (χ0) is 17.3. The van der Waals surface area contributed by atoms with Gasteiger partial charge >= 0.3 is 6.09 Å². The summed E-state index contributed by atoms with van der Waals surface area (Å²) < 4.78 is 10.5. The zero-order valence-electron chi connectivity index (χ0n) is 14.2. The molecule has 0 radical (unpaired) electrons. The fraction of sp³-hybridized carbons (Fsp3) is 0.529. The first-order valence-corrected chi connectivity index (χ1v) is 7.59. The highest BCUT2D eigenvalue weighted by molar-refractivity contribution is 5.68. The molecule has 1 aromatic rings. The molecule has 6 heteroatoms. The first-order chi connectivity index (χ1) is 10.8. The lowest BCUT2D eigenvalue weighted by Crippen LogP contribution is -2.42. The molecular weight excluding hydrogens is 294 g/mol. The van der Waals surface area contributed by atoms with Crippen molar-refractivity contribution >= 4 is 6.09 Å². The molecule has 6 nitrogen and oxygen atoms in total. The number of carbonyl (C=O) groups is 1. The number of hydrogen-bond acceptors (Lipinski definition) is 5. The van der Waals surface area contributed by atoms with Gasteiger partial charge in [0.1, 0.15) is 17.4 Å². The third-order valence-corrected chi connectivity index (χ3v) is 2.74. The normalized spacial score (nSPS) is 12.1. The summed E-state index contributed by atoms with van der Waals surface area (Å²) >= 11 is 0. The van der Waals surface area contributed by atoms with Gasteiger partial charge in [0.25, 0.3) is 0 Å². The Morgan fingerprint density at radius 3 is 2.78 bits per heavy atom. The molecule has 1 rings (SSSR count). The minimum Gasteiger partial charge on any atom is -0.479 e. The van der Waals surface area contributed by atoms with E-state index in [1.165, 1.54) is 0 Å². The van der Waals surface area contributed by atoms with Gasteiger partial charge in [-0.3, -0.25) is 0 Å². The number of nitrogens with one attached hydrogen (secondary N) is 2. The number of rotatable bonds is 7.